The monoisotopic (exact) mass is 177 g/mol. The standard InChI is InChI=1S/C7H15NO4/c1-7(2,3)11-6(10)5(4-9)12-8/h5,9H,4,8H2,1-3H3. The van der Waals surface area contributed by atoms with Gasteiger partial charge in [0.25, 0.3) is 0 Å². The van der Waals surface area contributed by atoms with Crippen LogP contribution in [0.1, 0.15) is 20.8 Å². The zero-order valence-corrected chi connectivity index (χ0v) is 7.53. The van der Waals surface area contributed by atoms with Crippen molar-refractivity contribution in [1.82, 2.24) is 0 Å². The van der Waals surface area contributed by atoms with Gasteiger partial charge in [0.15, 0.2) is 6.10 Å². The molecule has 0 aromatic rings. The molecule has 0 bridgehead atoms. The lowest BCUT2D eigenvalue weighted by atomic mass is 10.2. The first kappa shape index (κ1) is 11.4. The van der Waals surface area contributed by atoms with E-state index in [9.17, 15) is 4.79 Å². The van der Waals surface area contributed by atoms with Gasteiger partial charge in [-0.3, -0.25) is 4.84 Å². The molecule has 0 radical (unpaired) electrons. The van der Waals surface area contributed by atoms with Gasteiger partial charge in [-0.25, -0.2) is 10.7 Å². The van der Waals surface area contributed by atoms with Gasteiger partial charge in [0.2, 0.25) is 0 Å². The van der Waals surface area contributed by atoms with E-state index in [2.05, 4.69) is 4.84 Å². The van der Waals surface area contributed by atoms with Crippen molar-refractivity contribution >= 4 is 5.97 Å². The Kier molecular flexibility index (Phi) is 4.16. The third-order valence-corrected chi connectivity index (χ3v) is 1.000. The van der Waals surface area contributed by atoms with Crippen LogP contribution in [0.15, 0.2) is 0 Å². The van der Waals surface area contributed by atoms with Gasteiger partial charge in [-0.1, -0.05) is 0 Å². The summed E-state index contributed by atoms with van der Waals surface area (Å²) in [6.07, 6.45) is -1.09. The van der Waals surface area contributed by atoms with Crippen molar-refractivity contribution in [3.05, 3.63) is 0 Å². The highest BCUT2D eigenvalue weighted by Gasteiger charge is 2.24. The Morgan fingerprint density at radius 2 is 2.08 bits per heavy atom. The normalized spacial score (nSPS) is 14.1. The molecule has 0 aliphatic rings. The van der Waals surface area contributed by atoms with Crippen LogP contribution in [-0.4, -0.2) is 29.4 Å². The fraction of sp³-hybridized carbons (Fsp3) is 0.857. The molecule has 5 heteroatoms. The van der Waals surface area contributed by atoms with Crippen LogP contribution in [-0.2, 0) is 14.4 Å². The molecule has 1 unspecified atom stereocenters. The topological polar surface area (TPSA) is 81.8 Å². The SMILES string of the molecule is CC(C)(C)OC(=O)C(CO)ON. The second-order valence-corrected chi connectivity index (χ2v) is 3.34. The van der Waals surface area contributed by atoms with Gasteiger partial charge in [0.05, 0.1) is 6.61 Å². The summed E-state index contributed by atoms with van der Waals surface area (Å²) in [4.78, 5) is 15.2. The number of rotatable bonds is 3. The fourth-order valence-corrected chi connectivity index (χ4v) is 0.541. The predicted octanol–water partition coefficient (Wildman–Crippen LogP) is -0.421. The molecule has 0 aromatic carbocycles. The summed E-state index contributed by atoms with van der Waals surface area (Å²) in [6.45, 7) is 4.67. The van der Waals surface area contributed by atoms with Crippen LogP contribution < -0.4 is 5.90 Å². The summed E-state index contributed by atoms with van der Waals surface area (Å²) in [7, 11) is 0. The van der Waals surface area contributed by atoms with E-state index < -0.39 is 24.3 Å². The van der Waals surface area contributed by atoms with E-state index in [1.165, 1.54) is 0 Å². The van der Waals surface area contributed by atoms with Gasteiger partial charge >= 0.3 is 5.97 Å². The average Bonchev–Trinajstić information content (AvgIpc) is 1.85. The summed E-state index contributed by atoms with van der Waals surface area (Å²) in [6, 6.07) is 0. The van der Waals surface area contributed by atoms with Crippen molar-refractivity contribution < 1.29 is 19.5 Å². The highest BCUT2D eigenvalue weighted by molar-refractivity contribution is 5.75. The third kappa shape index (κ3) is 4.27. The van der Waals surface area contributed by atoms with E-state index >= 15 is 0 Å². The molecule has 0 amide bonds. The van der Waals surface area contributed by atoms with Crippen molar-refractivity contribution in [2.24, 2.45) is 5.90 Å². The van der Waals surface area contributed by atoms with E-state index in [-0.39, 0.29) is 0 Å². The minimum atomic E-state index is -1.09. The molecule has 0 rings (SSSR count). The number of nitrogens with two attached hydrogens (primary N) is 1. The molecule has 72 valence electrons. The Morgan fingerprint density at radius 1 is 1.58 bits per heavy atom. The Bertz CT molecular complexity index is 148. The first-order valence-corrected chi connectivity index (χ1v) is 3.60. The van der Waals surface area contributed by atoms with Crippen LogP contribution >= 0.6 is 0 Å². The fourth-order valence-electron chi connectivity index (χ4n) is 0.541. The predicted molar refractivity (Wildman–Crippen MR) is 42.0 cm³/mol. The molecule has 0 aliphatic heterocycles. The quantitative estimate of drug-likeness (QED) is 0.452. The van der Waals surface area contributed by atoms with E-state index in [0.29, 0.717) is 0 Å². The molecule has 1 atom stereocenters. The number of ether oxygens (including phenoxy) is 1. The number of carbonyl (C=O) groups is 1. The molecule has 0 fully saturated rings. The third-order valence-electron chi connectivity index (χ3n) is 1.000. The summed E-state index contributed by atoms with van der Waals surface area (Å²) in [5.41, 5.74) is -0.594. The molecule has 0 spiro atoms. The first-order valence-electron chi connectivity index (χ1n) is 3.60. The van der Waals surface area contributed by atoms with Gasteiger partial charge in [-0.15, -0.1) is 0 Å². The van der Waals surface area contributed by atoms with Crippen LogP contribution in [0.3, 0.4) is 0 Å². The zero-order chi connectivity index (χ0) is 9.78. The van der Waals surface area contributed by atoms with Crippen LogP contribution in [0.25, 0.3) is 0 Å². The van der Waals surface area contributed by atoms with Crippen molar-refractivity contribution in [2.75, 3.05) is 6.61 Å². The summed E-state index contributed by atoms with van der Waals surface area (Å²) in [5, 5.41) is 8.59. The second-order valence-electron chi connectivity index (χ2n) is 3.34. The number of aliphatic hydroxyl groups excluding tert-OH is 1. The number of hydrogen-bond donors (Lipinski definition) is 2. The summed E-state index contributed by atoms with van der Waals surface area (Å²) >= 11 is 0. The largest absolute Gasteiger partial charge is 0.458 e. The molecule has 0 heterocycles. The van der Waals surface area contributed by atoms with Crippen molar-refractivity contribution in [3.8, 4) is 0 Å². The van der Waals surface area contributed by atoms with Crippen LogP contribution in [0.2, 0.25) is 0 Å². The molecule has 0 saturated heterocycles. The van der Waals surface area contributed by atoms with Gasteiger partial charge in [0.1, 0.15) is 5.60 Å². The smallest absolute Gasteiger partial charge is 0.340 e. The summed E-state index contributed by atoms with van der Waals surface area (Å²) < 4.78 is 4.88. The van der Waals surface area contributed by atoms with E-state index in [4.69, 9.17) is 15.7 Å². The lowest BCUT2D eigenvalue weighted by molar-refractivity contribution is -0.171. The minimum absolute atomic E-state index is 0.481. The molecule has 0 saturated carbocycles. The number of esters is 1. The molecule has 0 aliphatic carbocycles. The van der Waals surface area contributed by atoms with Crippen molar-refractivity contribution in [2.45, 2.75) is 32.5 Å². The van der Waals surface area contributed by atoms with Crippen molar-refractivity contribution in [1.29, 1.82) is 0 Å². The van der Waals surface area contributed by atoms with Crippen LogP contribution in [0.5, 0.6) is 0 Å². The maximum atomic E-state index is 11.0. The Labute approximate surface area is 71.4 Å². The van der Waals surface area contributed by atoms with E-state index in [1.54, 1.807) is 20.8 Å². The van der Waals surface area contributed by atoms with Gasteiger partial charge < -0.3 is 9.84 Å². The number of hydrogen-bond acceptors (Lipinski definition) is 5. The highest BCUT2D eigenvalue weighted by Crippen LogP contribution is 2.08. The lowest BCUT2D eigenvalue weighted by Gasteiger charge is -2.21. The Balaban J connectivity index is 4.02. The van der Waals surface area contributed by atoms with Gasteiger partial charge in [-0.05, 0) is 20.8 Å². The maximum Gasteiger partial charge on any atom is 0.340 e. The Morgan fingerprint density at radius 3 is 2.33 bits per heavy atom. The molecule has 3 N–H and O–H groups in total. The molecular formula is C7H15NO4. The first-order chi connectivity index (χ1) is 5.40. The van der Waals surface area contributed by atoms with Crippen molar-refractivity contribution in [3.63, 3.8) is 0 Å². The van der Waals surface area contributed by atoms with Gasteiger partial charge in [-0.2, -0.15) is 0 Å². The average molecular weight is 177 g/mol. The maximum absolute atomic E-state index is 11.0. The Hall–Kier alpha value is -0.650. The molecule has 5 nitrogen and oxygen atoms in total. The van der Waals surface area contributed by atoms with E-state index in [0.717, 1.165) is 0 Å². The van der Waals surface area contributed by atoms with Gasteiger partial charge in [0, 0.05) is 0 Å². The molecule has 12 heavy (non-hydrogen) atoms. The zero-order valence-electron chi connectivity index (χ0n) is 7.53. The number of aliphatic hydroxyl groups is 1. The van der Waals surface area contributed by atoms with Crippen LogP contribution in [0.4, 0.5) is 0 Å². The summed E-state index contributed by atoms with van der Waals surface area (Å²) in [5.74, 6) is 4.08. The highest BCUT2D eigenvalue weighted by atomic mass is 16.7. The minimum Gasteiger partial charge on any atom is -0.458 e. The van der Waals surface area contributed by atoms with Crippen LogP contribution in [0, 0.1) is 0 Å². The second kappa shape index (κ2) is 4.39. The van der Waals surface area contributed by atoms with E-state index in [1.807, 2.05) is 0 Å². The molecular weight excluding hydrogens is 162 g/mol. The molecule has 0 aromatic heterocycles. The lowest BCUT2D eigenvalue weighted by Crippen LogP contribution is -2.37. The number of carbonyl (C=O) groups excluding carboxylic acids is 1.